The molecule has 0 spiro atoms. The standard InChI is InChI=1S/C37H36BrCl2NO3/c1-36(2)16-28-34(30(42)18-36)33(24-11-13-32(25(38)15-24)44-21-23-10-12-26(39)27(40)14-23)35-29(17-37(3,4)19-31(35)43)41(28)20-22-8-6-5-7-9-22/h5-15,33H,16-21H2,1-4H3. The van der Waals surface area contributed by atoms with Gasteiger partial charge in [0.2, 0.25) is 0 Å². The van der Waals surface area contributed by atoms with Crippen molar-refractivity contribution in [3.05, 3.63) is 120 Å². The molecule has 0 aromatic heterocycles. The Kier molecular flexibility index (Phi) is 8.36. The summed E-state index contributed by atoms with van der Waals surface area (Å²) in [6.07, 6.45) is 2.45. The first-order valence-corrected chi connectivity index (χ1v) is 16.6. The van der Waals surface area contributed by atoms with E-state index in [9.17, 15) is 9.59 Å². The van der Waals surface area contributed by atoms with E-state index in [4.69, 9.17) is 27.9 Å². The van der Waals surface area contributed by atoms with Crippen molar-refractivity contribution < 1.29 is 14.3 Å². The summed E-state index contributed by atoms with van der Waals surface area (Å²) in [7, 11) is 0. The zero-order valence-electron chi connectivity index (χ0n) is 25.5. The van der Waals surface area contributed by atoms with Crippen LogP contribution in [0.2, 0.25) is 10.0 Å². The second-order valence-electron chi connectivity index (χ2n) is 13.8. The summed E-state index contributed by atoms with van der Waals surface area (Å²) in [4.78, 5) is 30.6. The van der Waals surface area contributed by atoms with E-state index in [0.717, 1.165) is 56.5 Å². The highest BCUT2D eigenvalue weighted by molar-refractivity contribution is 9.10. The summed E-state index contributed by atoms with van der Waals surface area (Å²) >= 11 is 16.0. The zero-order chi connectivity index (χ0) is 31.4. The molecule has 3 aromatic carbocycles. The van der Waals surface area contributed by atoms with Crippen LogP contribution in [0.25, 0.3) is 0 Å². The molecule has 0 fully saturated rings. The third kappa shape index (κ3) is 6.16. The van der Waals surface area contributed by atoms with Crippen LogP contribution in [0, 0.1) is 10.8 Å². The van der Waals surface area contributed by atoms with Gasteiger partial charge >= 0.3 is 0 Å². The molecule has 3 aromatic rings. The van der Waals surface area contributed by atoms with E-state index in [0.29, 0.717) is 41.8 Å². The van der Waals surface area contributed by atoms with Crippen molar-refractivity contribution in [1.82, 2.24) is 4.90 Å². The number of nitrogens with zero attached hydrogens (tertiary/aromatic N) is 1. The molecule has 1 heterocycles. The third-order valence-corrected chi connectivity index (χ3v) is 10.2. The second kappa shape index (κ2) is 11.8. The predicted octanol–water partition coefficient (Wildman–Crippen LogP) is 10.2. The van der Waals surface area contributed by atoms with Gasteiger partial charge in [-0.05, 0) is 80.6 Å². The highest BCUT2D eigenvalue weighted by Crippen LogP contribution is 2.55. The van der Waals surface area contributed by atoms with Gasteiger partial charge in [-0.15, -0.1) is 0 Å². The molecule has 0 N–H and O–H groups in total. The quantitative estimate of drug-likeness (QED) is 0.258. The van der Waals surface area contributed by atoms with Gasteiger partial charge in [-0.1, -0.05) is 93.4 Å². The van der Waals surface area contributed by atoms with E-state index < -0.39 is 5.92 Å². The van der Waals surface area contributed by atoms with Crippen LogP contribution in [-0.4, -0.2) is 16.5 Å². The van der Waals surface area contributed by atoms with Crippen LogP contribution >= 0.6 is 39.1 Å². The molecule has 7 heteroatoms. The molecule has 0 bridgehead atoms. The molecule has 0 radical (unpaired) electrons. The molecule has 44 heavy (non-hydrogen) atoms. The molecule has 3 aliphatic rings. The Morgan fingerprint density at radius 2 is 1.39 bits per heavy atom. The van der Waals surface area contributed by atoms with Crippen molar-refractivity contribution >= 4 is 50.7 Å². The van der Waals surface area contributed by atoms with Crippen molar-refractivity contribution in [3.8, 4) is 5.75 Å². The van der Waals surface area contributed by atoms with Gasteiger partial charge in [0.1, 0.15) is 12.4 Å². The number of hydrogen-bond donors (Lipinski definition) is 0. The minimum Gasteiger partial charge on any atom is -0.488 e. The van der Waals surface area contributed by atoms with Gasteiger partial charge in [0, 0.05) is 47.8 Å². The van der Waals surface area contributed by atoms with Gasteiger partial charge in [-0.3, -0.25) is 9.59 Å². The summed E-state index contributed by atoms with van der Waals surface area (Å²) in [5.74, 6) is 0.496. The van der Waals surface area contributed by atoms with E-state index in [1.54, 1.807) is 12.1 Å². The van der Waals surface area contributed by atoms with Gasteiger partial charge < -0.3 is 9.64 Å². The maximum Gasteiger partial charge on any atom is 0.162 e. The molecular weight excluding hydrogens is 657 g/mol. The molecule has 228 valence electrons. The number of hydrogen-bond acceptors (Lipinski definition) is 4. The summed E-state index contributed by atoms with van der Waals surface area (Å²) in [6.45, 7) is 9.62. The van der Waals surface area contributed by atoms with Crippen molar-refractivity contribution in [1.29, 1.82) is 0 Å². The fourth-order valence-corrected chi connectivity index (χ4v) is 7.77. The zero-order valence-corrected chi connectivity index (χ0v) is 28.6. The van der Waals surface area contributed by atoms with E-state index >= 15 is 0 Å². The van der Waals surface area contributed by atoms with Gasteiger partial charge in [-0.25, -0.2) is 0 Å². The Labute approximate surface area is 278 Å². The van der Waals surface area contributed by atoms with Crippen molar-refractivity contribution in [3.63, 3.8) is 0 Å². The lowest BCUT2D eigenvalue weighted by molar-refractivity contribution is -0.119. The lowest BCUT2D eigenvalue weighted by atomic mass is 9.63. The van der Waals surface area contributed by atoms with E-state index in [-0.39, 0.29) is 22.4 Å². The number of allylic oxidation sites excluding steroid dienone is 4. The molecule has 6 rings (SSSR count). The first-order chi connectivity index (χ1) is 20.8. The molecule has 4 nitrogen and oxygen atoms in total. The molecule has 0 amide bonds. The Balaban J connectivity index is 1.44. The minimum absolute atomic E-state index is 0.125. The third-order valence-electron chi connectivity index (χ3n) is 8.87. The van der Waals surface area contributed by atoms with E-state index in [1.807, 2.05) is 42.5 Å². The molecule has 0 saturated heterocycles. The topological polar surface area (TPSA) is 46.6 Å². The molecular formula is C37H36BrCl2NO3. The number of halogens is 3. The monoisotopic (exact) mass is 691 g/mol. The van der Waals surface area contributed by atoms with Crippen LogP contribution in [0.15, 0.2) is 93.7 Å². The van der Waals surface area contributed by atoms with Crippen LogP contribution in [0.4, 0.5) is 0 Å². The Morgan fingerprint density at radius 3 is 1.95 bits per heavy atom. The van der Waals surface area contributed by atoms with Crippen LogP contribution in [-0.2, 0) is 22.7 Å². The number of carbonyl (C=O) groups is 2. The SMILES string of the molecule is CC1(C)CC(=O)C2=C(C1)N(Cc1ccccc1)C1=C(C(=O)CC(C)(C)C1)C2c1ccc(OCc2ccc(Cl)c(Cl)c2)c(Br)c1. The first kappa shape index (κ1) is 31.1. The minimum atomic E-state index is -0.417. The molecule has 0 atom stereocenters. The first-order valence-electron chi connectivity index (χ1n) is 15.0. The van der Waals surface area contributed by atoms with Crippen molar-refractivity contribution in [2.45, 2.75) is 72.4 Å². The Hall–Kier alpha value is -2.86. The van der Waals surface area contributed by atoms with E-state index in [2.05, 4.69) is 60.7 Å². The smallest absolute Gasteiger partial charge is 0.162 e. The molecule has 0 unspecified atom stereocenters. The van der Waals surface area contributed by atoms with Crippen molar-refractivity contribution in [2.75, 3.05) is 0 Å². The lowest BCUT2D eigenvalue weighted by Crippen LogP contribution is -2.44. The summed E-state index contributed by atoms with van der Waals surface area (Å²) < 4.78 is 6.90. The van der Waals surface area contributed by atoms with Crippen LogP contribution in [0.1, 0.15) is 76.0 Å². The van der Waals surface area contributed by atoms with Gasteiger partial charge in [0.15, 0.2) is 11.6 Å². The molecule has 0 saturated carbocycles. The number of benzene rings is 3. The number of carbonyl (C=O) groups excluding carboxylic acids is 2. The van der Waals surface area contributed by atoms with E-state index in [1.165, 1.54) is 0 Å². The maximum absolute atomic E-state index is 14.1. The highest BCUT2D eigenvalue weighted by Gasteiger charge is 2.49. The van der Waals surface area contributed by atoms with Gasteiger partial charge in [-0.2, -0.15) is 0 Å². The number of ketones is 2. The molecule has 2 aliphatic carbocycles. The van der Waals surface area contributed by atoms with Crippen molar-refractivity contribution in [2.24, 2.45) is 10.8 Å². The maximum atomic E-state index is 14.1. The normalized spacial score (nSPS) is 19.7. The van der Waals surface area contributed by atoms with Gasteiger partial charge in [0.25, 0.3) is 0 Å². The number of rotatable bonds is 6. The largest absolute Gasteiger partial charge is 0.488 e. The number of ether oxygens (including phenoxy) is 1. The predicted molar refractivity (Wildman–Crippen MR) is 180 cm³/mol. The van der Waals surface area contributed by atoms with Crippen LogP contribution in [0.5, 0.6) is 5.75 Å². The van der Waals surface area contributed by atoms with Crippen LogP contribution < -0.4 is 4.74 Å². The average molecular weight is 694 g/mol. The lowest BCUT2D eigenvalue weighted by Gasteiger charge is -2.49. The average Bonchev–Trinajstić information content (AvgIpc) is 2.94. The fourth-order valence-electron chi connectivity index (χ4n) is 6.94. The van der Waals surface area contributed by atoms with Crippen LogP contribution in [0.3, 0.4) is 0 Å². The summed E-state index contributed by atoms with van der Waals surface area (Å²) in [5.41, 5.74) is 6.26. The summed E-state index contributed by atoms with van der Waals surface area (Å²) in [5, 5.41) is 0.981. The number of Topliss-reactive ketones (excluding diaryl/α,β-unsaturated/α-hetero) is 2. The Morgan fingerprint density at radius 1 is 0.773 bits per heavy atom. The fraction of sp³-hybridized carbons (Fsp3) is 0.351. The highest BCUT2D eigenvalue weighted by atomic mass is 79.9. The second-order valence-corrected chi connectivity index (χ2v) is 15.5. The Bertz CT molecular complexity index is 1670. The summed E-state index contributed by atoms with van der Waals surface area (Å²) in [6, 6.07) is 21.7. The molecule has 1 aliphatic heterocycles. The van der Waals surface area contributed by atoms with Gasteiger partial charge in [0.05, 0.1) is 14.5 Å².